The normalized spacial score (nSPS) is 13.2. The van der Waals surface area contributed by atoms with Crippen LogP contribution in [0.5, 0.6) is 0 Å². The van der Waals surface area contributed by atoms with E-state index in [1.165, 1.54) is 0 Å². The number of hydrogen-bond acceptors (Lipinski definition) is 5. The molecule has 0 amide bonds. The summed E-state index contributed by atoms with van der Waals surface area (Å²) in [4.78, 5) is 4.14. The Kier molecular flexibility index (Phi) is 6.56. The van der Waals surface area contributed by atoms with Crippen LogP contribution in [0.4, 0.5) is 0 Å². The maximum atomic E-state index is 9.59. The van der Waals surface area contributed by atoms with Gasteiger partial charge < -0.3 is 15.2 Å². The van der Waals surface area contributed by atoms with Crippen LogP contribution in [0, 0.1) is 5.92 Å². The Morgan fingerprint density at radius 3 is 2.94 bits per heavy atom. The fourth-order valence-electron chi connectivity index (χ4n) is 1.19. The zero-order valence-corrected chi connectivity index (χ0v) is 10.7. The lowest BCUT2D eigenvalue weighted by atomic mass is 10.2. The standard InChI is InChI=1S/C11H20N2O2S/c1-9(2)5-15-6-11(14)4-12-3-10-7-16-8-13-10/h7-9,11-12,14H,3-6H2,1-2H3. The molecule has 1 rings (SSSR count). The number of ether oxygens (including phenoxy) is 1. The Bertz CT molecular complexity index is 265. The van der Waals surface area contributed by atoms with Crippen LogP contribution in [-0.2, 0) is 11.3 Å². The summed E-state index contributed by atoms with van der Waals surface area (Å²) in [5.74, 6) is 0.509. The first-order chi connectivity index (χ1) is 7.68. The van der Waals surface area contributed by atoms with Crippen LogP contribution in [0.2, 0.25) is 0 Å². The quantitative estimate of drug-likeness (QED) is 0.723. The Morgan fingerprint density at radius 1 is 1.50 bits per heavy atom. The van der Waals surface area contributed by atoms with Crippen molar-refractivity contribution in [3.8, 4) is 0 Å². The van der Waals surface area contributed by atoms with Crippen LogP contribution < -0.4 is 5.32 Å². The predicted molar refractivity (Wildman–Crippen MR) is 65.5 cm³/mol. The molecule has 1 unspecified atom stereocenters. The van der Waals surface area contributed by atoms with Crippen LogP contribution in [0.15, 0.2) is 10.9 Å². The van der Waals surface area contributed by atoms with Crippen molar-refractivity contribution >= 4 is 11.3 Å². The van der Waals surface area contributed by atoms with Crippen LogP contribution in [0.1, 0.15) is 19.5 Å². The molecule has 0 aliphatic carbocycles. The van der Waals surface area contributed by atoms with E-state index in [0.717, 1.165) is 5.69 Å². The van der Waals surface area contributed by atoms with Crippen molar-refractivity contribution in [2.75, 3.05) is 19.8 Å². The number of aromatic nitrogens is 1. The van der Waals surface area contributed by atoms with Gasteiger partial charge in [0.25, 0.3) is 0 Å². The minimum Gasteiger partial charge on any atom is -0.389 e. The minimum absolute atomic E-state index is 0.391. The minimum atomic E-state index is -0.447. The van der Waals surface area contributed by atoms with E-state index in [4.69, 9.17) is 4.74 Å². The zero-order chi connectivity index (χ0) is 11.8. The molecule has 2 N–H and O–H groups in total. The van der Waals surface area contributed by atoms with Gasteiger partial charge in [0.1, 0.15) is 0 Å². The summed E-state index contributed by atoms with van der Waals surface area (Å²) in [6.07, 6.45) is -0.447. The summed E-state index contributed by atoms with van der Waals surface area (Å²) in [7, 11) is 0. The molecule has 0 bridgehead atoms. The van der Waals surface area contributed by atoms with E-state index in [1.54, 1.807) is 16.8 Å². The lowest BCUT2D eigenvalue weighted by molar-refractivity contribution is 0.0260. The predicted octanol–water partition coefficient (Wildman–Crippen LogP) is 1.27. The van der Waals surface area contributed by atoms with Gasteiger partial charge in [0.2, 0.25) is 0 Å². The lowest BCUT2D eigenvalue weighted by Gasteiger charge is -2.12. The van der Waals surface area contributed by atoms with Gasteiger partial charge in [-0.3, -0.25) is 0 Å². The van der Waals surface area contributed by atoms with Crippen LogP contribution in [0.25, 0.3) is 0 Å². The molecule has 1 atom stereocenters. The molecule has 92 valence electrons. The van der Waals surface area contributed by atoms with Crippen molar-refractivity contribution in [2.45, 2.75) is 26.5 Å². The highest BCUT2D eigenvalue weighted by Crippen LogP contribution is 1.99. The molecule has 4 nitrogen and oxygen atoms in total. The average Bonchev–Trinajstić information content (AvgIpc) is 2.70. The lowest BCUT2D eigenvalue weighted by Crippen LogP contribution is -2.30. The fraction of sp³-hybridized carbons (Fsp3) is 0.727. The topological polar surface area (TPSA) is 54.4 Å². The Hall–Kier alpha value is -0.490. The molecule has 1 heterocycles. The molecule has 0 aliphatic heterocycles. The summed E-state index contributed by atoms with van der Waals surface area (Å²) in [5, 5.41) is 14.7. The van der Waals surface area contributed by atoms with Crippen molar-refractivity contribution in [1.82, 2.24) is 10.3 Å². The Balaban J connectivity index is 2.00. The van der Waals surface area contributed by atoms with Crippen LogP contribution >= 0.6 is 11.3 Å². The summed E-state index contributed by atoms with van der Waals surface area (Å²) in [6.45, 7) is 6.51. The fourth-order valence-corrected chi connectivity index (χ4v) is 1.75. The first-order valence-electron chi connectivity index (χ1n) is 5.52. The van der Waals surface area contributed by atoms with E-state index in [1.807, 2.05) is 5.38 Å². The van der Waals surface area contributed by atoms with Crippen LogP contribution in [0.3, 0.4) is 0 Å². The molecule has 1 aromatic rings. The number of nitrogens with one attached hydrogen (secondary N) is 1. The number of nitrogens with zero attached hydrogens (tertiary/aromatic N) is 1. The summed E-state index contributed by atoms with van der Waals surface area (Å²) in [5.41, 5.74) is 2.82. The molecule has 0 fully saturated rings. The second-order valence-corrected chi connectivity index (χ2v) is 4.91. The molecule has 0 aromatic carbocycles. The van der Waals surface area contributed by atoms with Gasteiger partial charge in [0.15, 0.2) is 0 Å². The molecule has 5 heteroatoms. The van der Waals surface area contributed by atoms with Crippen molar-refractivity contribution in [1.29, 1.82) is 0 Å². The number of aliphatic hydroxyl groups is 1. The molecular formula is C11H20N2O2S. The highest BCUT2D eigenvalue weighted by Gasteiger charge is 2.04. The molecule has 0 saturated heterocycles. The molecule has 1 aromatic heterocycles. The third-order valence-electron chi connectivity index (χ3n) is 1.93. The van der Waals surface area contributed by atoms with E-state index in [-0.39, 0.29) is 0 Å². The number of hydrogen-bond donors (Lipinski definition) is 2. The van der Waals surface area contributed by atoms with E-state index in [0.29, 0.717) is 32.2 Å². The highest BCUT2D eigenvalue weighted by atomic mass is 32.1. The van der Waals surface area contributed by atoms with Gasteiger partial charge in [-0.15, -0.1) is 11.3 Å². The molecule has 16 heavy (non-hydrogen) atoms. The smallest absolute Gasteiger partial charge is 0.0897 e. The summed E-state index contributed by atoms with van der Waals surface area (Å²) in [6, 6.07) is 0. The second-order valence-electron chi connectivity index (χ2n) is 4.20. The zero-order valence-electron chi connectivity index (χ0n) is 9.85. The second kappa shape index (κ2) is 7.73. The third-order valence-corrected chi connectivity index (χ3v) is 2.57. The van der Waals surface area contributed by atoms with Gasteiger partial charge in [-0.05, 0) is 5.92 Å². The van der Waals surface area contributed by atoms with Crippen LogP contribution in [-0.4, -0.2) is 36.0 Å². The van der Waals surface area contributed by atoms with Crippen molar-refractivity contribution in [3.63, 3.8) is 0 Å². The molecule has 0 spiro atoms. The van der Waals surface area contributed by atoms with Gasteiger partial charge in [-0.25, -0.2) is 4.98 Å². The molecule has 0 saturated carbocycles. The monoisotopic (exact) mass is 244 g/mol. The van der Waals surface area contributed by atoms with Crippen molar-refractivity contribution in [2.24, 2.45) is 5.92 Å². The van der Waals surface area contributed by atoms with Gasteiger partial charge in [-0.1, -0.05) is 13.8 Å². The van der Waals surface area contributed by atoms with Gasteiger partial charge in [0, 0.05) is 25.1 Å². The van der Waals surface area contributed by atoms with Crippen molar-refractivity contribution in [3.05, 3.63) is 16.6 Å². The maximum absolute atomic E-state index is 9.59. The third kappa shape index (κ3) is 6.17. The maximum Gasteiger partial charge on any atom is 0.0897 e. The molecular weight excluding hydrogens is 224 g/mol. The van der Waals surface area contributed by atoms with E-state index in [2.05, 4.69) is 24.1 Å². The van der Waals surface area contributed by atoms with Gasteiger partial charge >= 0.3 is 0 Å². The summed E-state index contributed by atoms with van der Waals surface area (Å²) >= 11 is 1.58. The first kappa shape index (κ1) is 13.6. The first-order valence-corrected chi connectivity index (χ1v) is 6.46. The molecule has 0 aliphatic rings. The highest BCUT2D eigenvalue weighted by molar-refractivity contribution is 7.07. The number of rotatable bonds is 8. The van der Waals surface area contributed by atoms with E-state index >= 15 is 0 Å². The summed E-state index contributed by atoms with van der Waals surface area (Å²) < 4.78 is 5.34. The van der Waals surface area contributed by atoms with Gasteiger partial charge in [-0.2, -0.15) is 0 Å². The SMILES string of the molecule is CC(C)COCC(O)CNCc1cscn1. The van der Waals surface area contributed by atoms with Gasteiger partial charge in [0.05, 0.1) is 23.9 Å². The Labute approximate surface area is 101 Å². The number of aliphatic hydroxyl groups excluding tert-OH is 1. The van der Waals surface area contributed by atoms with E-state index < -0.39 is 6.10 Å². The Morgan fingerprint density at radius 2 is 2.31 bits per heavy atom. The van der Waals surface area contributed by atoms with E-state index in [9.17, 15) is 5.11 Å². The average molecular weight is 244 g/mol. The molecule has 0 radical (unpaired) electrons. The number of thiazole rings is 1. The van der Waals surface area contributed by atoms with Crippen molar-refractivity contribution < 1.29 is 9.84 Å². The largest absolute Gasteiger partial charge is 0.389 e.